The molecule has 2 aromatic heterocycles. The van der Waals surface area contributed by atoms with Crippen molar-refractivity contribution < 1.29 is 25.9 Å². The average Bonchev–Trinajstić information content (AvgIpc) is 3.23. The molecule has 1 unspecified atom stereocenters. The molecule has 3 N–H and O–H groups in total. The SMILES string of the molecule is Cc1cn(-c2ccccc2Nc2nc(CS(=O)(=O)O)nc3c2C(CS(=O)(=O)O)Cc2ccccc2-3)cn1. The maximum absolute atomic E-state index is 12.0. The number of hydrogen-bond acceptors (Lipinski definition) is 8. The van der Waals surface area contributed by atoms with E-state index in [0.717, 1.165) is 11.3 Å². The Morgan fingerprint density at radius 3 is 2.43 bits per heavy atom. The molecule has 5 rings (SSSR count). The molecule has 0 radical (unpaired) electrons. The fourth-order valence-electron chi connectivity index (χ4n) is 4.61. The highest BCUT2D eigenvalue weighted by Gasteiger charge is 2.33. The van der Waals surface area contributed by atoms with Crippen LogP contribution in [0.15, 0.2) is 61.1 Å². The zero-order chi connectivity index (χ0) is 26.4. The molecule has 0 amide bonds. The van der Waals surface area contributed by atoms with Gasteiger partial charge in [0.15, 0.2) is 0 Å². The van der Waals surface area contributed by atoms with E-state index >= 15 is 0 Å². The van der Waals surface area contributed by atoms with Gasteiger partial charge in [-0.15, -0.1) is 0 Å². The number of nitrogens with zero attached hydrogens (tertiary/aromatic N) is 4. The molecule has 0 spiro atoms. The topological polar surface area (TPSA) is 164 Å². The van der Waals surface area contributed by atoms with Gasteiger partial charge in [0.2, 0.25) is 0 Å². The Balaban J connectivity index is 1.73. The van der Waals surface area contributed by atoms with Crippen LogP contribution in [-0.2, 0) is 32.4 Å². The van der Waals surface area contributed by atoms with E-state index in [-0.39, 0.29) is 11.6 Å². The van der Waals surface area contributed by atoms with Gasteiger partial charge in [0.1, 0.15) is 17.4 Å². The molecular weight excluding hydrogens is 518 g/mol. The maximum Gasteiger partial charge on any atom is 0.272 e. The molecule has 13 heteroatoms. The highest BCUT2D eigenvalue weighted by Crippen LogP contribution is 2.43. The minimum atomic E-state index is -4.46. The van der Waals surface area contributed by atoms with Gasteiger partial charge in [0.05, 0.1) is 34.8 Å². The van der Waals surface area contributed by atoms with Crippen LogP contribution >= 0.6 is 0 Å². The predicted molar refractivity (Wildman–Crippen MR) is 137 cm³/mol. The Morgan fingerprint density at radius 1 is 1.00 bits per heavy atom. The predicted octanol–water partition coefficient (Wildman–Crippen LogP) is 3.30. The van der Waals surface area contributed by atoms with Gasteiger partial charge in [-0.1, -0.05) is 36.4 Å². The smallest absolute Gasteiger partial charge is 0.272 e. The number of aromatic nitrogens is 4. The van der Waals surface area contributed by atoms with E-state index in [2.05, 4.69) is 20.3 Å². The Kier molecular flexibility index (Phi) is 6.31. The molecule has 0 aliphatic heterocycles. The summed E-state index contributed by atoms with van der Waals surface area (Å²) in [5.41, 5.74) is 4.34. The van der Waals surface area contributed by atoms with Crippen molar-refractivity contribution in [1.82, 2.24) is 19.5 Å². The van der Waals surface area contributed by atoms with Gasteiger partial charge >= 0.3 is 0 Å². The van der Waals surface area contributed by atoms with Crippen LogP contribution in [0.2, 0.25) is 0 Å². The third-order valence-electron chi connectivity index (χ3n) is 6.01. The first-order valence-corrected chi connectivity index (χ1v) is 14.4. The van der Waals surface area contributed by atoms with Gasteiger partial charge in [-0.3, -0.25) is 9.11 Å². The molecule has 0 saturated carbocycles. The quantitative estimate of drug-likeness (QED) is 0.296. The highest BCUT2D eigenvalue weighted by atomic mass is 32.2. The van der Waals surface area contributed by atoms with E-state index in [9.17, 15) is 25.9 Å². The van der Waals surface area contributed by atoms with Crippen LogP contribution in [0.1, 0.15) is 28.6 Å². The lowest BCUT2D eigenvalue weighted by molar-refractivity contribution is 0.476. The minimum Gasteiger partial charge on any atom is -0.338 e. The average molecular weight is 542 g/mol. The lowest BCUT2D eigenvalue weighted by Crippen LogP contribution is -2.23. The number of aryl methyl sites for hydroxylation is 1. The number of hydrogen-bond donors (Lipinski definition) is 3. The summed E-state index contributed by atoms with van der Waals surface area (Å²) >= 11 is 0. The molecule has 0 saturated heterocycles. The summed E-state index contributed by atoms with van der Waals surface area (Å²) in [7, 11) is -8.84. The summed E-state index contributed by atoms with van der Waals surface area (Å²) in [5.74, 6) is -2.11. The van der Waals surface area contributed by atoms with Crippen molar-refractivity contribution in [2.24, 2.45) is 0 Å². The van der Waals surface area contributed by atoms with Crippen LogP contribution in [0.25, 0.3) is 16.9 Å². The van der Waals surface area contributed by atoms with Crippen LogP contribution in [0.5, 0.6) is 0 Å². The number of rotatable bonds is 7. The van der Waals surface area contributed by atoms with Crippen LogP contribution < -0.4 is 5.32 Å². The number of nitrogens with one attached hydrogen (secondary N) is 1. The lowest BCUT2D eigenvalue weighted by atomic mass is 9.82. The van der Waals surface area contributed by atoms with Crippen molar-refractivity contribution in [3.05, 3.63) is 83.7 Å². The molecule has 1 aliphatic carbocycles. The van der Waals surface area contributed by atoms with Crippen LogP contribution in [-0.4, -0.2) is 51.2 Å². The van der Waals surface area contributed by atoms with Gasteiger partial charge in [-0.05, 0) is 31.0 Å². The number of anilines is 2. The Morgan fingerprint density at radius 2 is 1.73 bits per heavy atom. The van der Waals surface area contributed by atoms with Crippen LogP contribution in [0, 0.1) is 6.92 Å². The Bertz CT molecular complexity index is 1720. The van der Waals surface area contributed by atoms with Gasteiger partial charge in [0.25, 0.3) is 20.2 Å². The molecule has 4 aromatic rings. The van der Waals surface area contributed by atoms with E-state index in [1.165, 1.54) is 0 Å². The molecule has 2 aromatic carbocycles. The highest BCUT2D eigenvalue weighted by molar-refractivity contribution is 7.85. The zero-order valence-corrected chi connectivity index (χ0v) is 21.2. The van der Waals surface area contributed by atoms with Gasteiger partial charge in [-0.25, -0.2) is 15.0 Å². The molecule has 0 bridgehead atoms. The normalized spacial score (nSPS) is 15.2. The first kappa shape index (κ1) is 25.0. The van der Waals surface area contributed by atoms with Crippen molar-refractivity contribution in [2.45, 2.75) is 25.0 Å². The zero-order valence-electron chi connectivity index (χ0n) is 19.6. The summed E-state index contributed by atoms with van der Waals surface area (Å²) in [6, 6.07) is 14.5. The molecule has 11 nitrogen and oxygen atoms in total. The minimum absolute atomic E-state index is 0.165. The maximum atomic E-state index is 12.0. The van der Waals surface area contributed by atoms with Gasteiger partial charge < -0.3 is 9.88 Å². The molecule has 1 aliphatic rings. The number of imidazole rings is 1. The van der Waals surface area contributed by atoms with E-state index < -0.39 is 37.7 Å². The summed E-state index contributed by atoms with van der Waals surface area (Å²) in [6.07, 6.45) is 3.77. The Hall–Kier alpha value is -3.65. The second-order valence-corrected chi connectivity index (χ2v) is 11.8. The number of benzene rings is 2. The molecule has 1 atom stereocenters. The largest absolute Gasteiger partial charge is 0.338 e. The molecule has 0 fully saturated rings. The van der Waals surface area contributed by atoms with Gasteiger partial charge in [0, 0.05) is 23.2 Å². The fourth-order valence-corrected chi connectivity index (χ4v) is 5.86. The van der Waals surface area contributed by atoms with Crippen molar-refractivity contribution in [3.8, 4) is 16.9 Å². The summed E-state index contributed by atoms with van der Waals surface area (Å²) in [4.78, 5) is 13.1. The van der Waals surface area contributed by atoms with Crippen LogP contribution in [0.4, 0.5) is 11.5 Å². The summed E-state index contributed by atoms with van der Waals surface area (Å²) in [5, 5.41) is 3.23. The standard InChI is InChI=1S/C24H23N5O6S2/c1-15-11-29(14-25-15)20-9-5-4-8-19(20)26-24-22-17(12-36(30,31)32)10-16-6-2-3-7-18(16)23(22)27-21(28-24)13-37(33,34)35/h2-9,11,14,17H,10,12-13H2,1H3,(H,26,27,28)(H,30,31,32)(H,33,34,35). The van der Waals surface area contributed by atoms with E-state index in [4.69, 9.17) is 0 Å². The number of fused-ring (bicyclic) bond motifs is 3. The van der Waals surface area contributed by atoms with Gasteiger partial charge in [-0.2, -0.15) is 16.8 Å². The second kappa shape index (κ2) is 9.34. The third-order valence-corrected chi connectivity index (χ3v) is 7.46. The lowest BCUT2D eigenvalue weighted by Gasteiger charge is -2.29. The number of para-hydroxylation sites is 2. The summed E-state index contributed by atoms with van der Waals surface area (Å²) < 4.78 is 68.4. The van der Waals surface area contributed by atoms with Crippen molar-refractivity contribution in [1.29, 1.82) is 0 Å². The van der Waals surface area contributed by atoms with E-state index in [1.807, 2.05) is 31.3 Å². The monoisotopic (exact) mass is 541 g/mol. The fraction of sp³-hybridized carbons (Fsp3) is 0.208. The molecule has 37 heavy (non-hydrogen) atoms. The second-order valence-electron chi connectivity index (χ2n) is 8.85. The third kappa shape index (κ3) is 5.54. The first-order valence-electron chi connectivity index (χ1n) is 11.2. The van der Waals surface area contributed by atoms with E-state index in [0.29, 0.717) is 34.6 Å². The molecule has 2 heterocycles. The van der Waals surface area contributed by atoms with E-state index in [1.54, 1.807) is 41.2 Å². The Labute approximate surface area is 213 Å². The molecule has 192 valence electrons. The van der Waals surface area contributed by atoms with Crippen LogP contribution in [0.3, 0.4) is 0 Å². The summed E-state index contributed by atoms with van der Waals surface area (Å²) in [6.45, 7) is 1.85. The molecular formula is C24H23N5O6S2. The van der Waals surface area contributed by atoms with Crippen molar-refractivity contribution in [2.75, 3.05) is 11.1 Å². The van der Waals surface area contributed by atoms with Crippen molar-refractivity contribution in [3.63, 3.8) is 0 Å². The first-order chi connectivity index (χ1) is 17.5. The van der Waals surface area contributed by atoms with Crippen molar-refractivity contribution >= 4 is 31.7 Å².